The second kappa shape index (κ2) is 31.3. The molecule has 0 aliphatic carbocycles. The second-order valence-electron chi connectivity index (χ2n) is 13.8. The molecule has 2 aromatic rings. The number of aromatic nitrogens is 4. The molecule has 16 heteroatoms. The number of hydrogen-bond acceptors (Lipinski definition) is 2. The van der Waals surface area contributed by atoms with Gasteiger partial charge < -0.3 is 44.7 Å². The lowest BCUT2D eigenvalue weighted by Gasteiger charge is -2.07. The molecule has 306 valence electrons. The molecule has 2 N–H and O–H groups in total. The van der Waals surface area contributed by atoms with E-state index >= 15 is 0 Å². The van der Waals surface area contributed by atoms with Crippen LogP contribution in [0.4, 0.5) is 34.5 Å². The van der Waals surface area contributed by atoms with Crippen molar-refractivity contribution in [2.75, 3.05) is 0 Å². The van der Waals surface area contributed by atoms with E-state index in [2.05, 4.69) is 48.0 Å². The highest BCUT2D eigenvalue weighted by molar-refractivity contribution is 6.50. The van der Waals surface area contributed by atoms with Gasteiger partial charge in [-0.3, -0.25) is 0 Å². The quantitative estimate of drug-likeness (QED) is 0.0375. The highest BCUT2D eigenvalue weighted by Gasteiger charge is 2.21. The lowest BCUT2D eigenvalue weighted by molar-refractivity contribution is -0.760. The van der Waals surface area contributed by atoms with E-state index in [-0.39, 0.29) is 12.5 Å². The molecule has 2 unspecified atom stereocenters. The molecule has 0 spiro atoms. The maximum Gasteiger partial charge on any atom is 0.673 e. The third-order valence-corrected chi connectivity index (χ3v) is 8.83. The van der Waals surface area contributed by atoms with E-state index < -0.39 is 14.5 Å². The number of imidazole rings is 2. The first-order chi connectivity index (χ1) is 24.6. The number of rotatable bonds is 29. The zero-order chi connectivity index (χ0) is 39.1. The lowest BCUT2D eigenvalue weighted by Crippen LogP contribution is -2.37. The van der Waals surface area contributed by atoms with Crippen LogP contribution in [0.25, 0.3) is 0 Å². The first kappa shape index (κ1) is 49.9. The van der Waals surface area contributed by atoms with E-state index in [1.54, 1.807) is 0 Å². The Morgan fingerprint density at radius 2 is 0.692 bits per heavy atom. The highest BCUT2D eigenvalue weighted by atomic mass is 19.5. The van der Waals surface area contributed by atoms with Gasteiger partial charge in [-0.25, -0.2) is 18.3 Å². The zero-order valence-electron chi connectivity index (χ0n) is 31.9. The van der Waals surface area contributed by atoms with E-state index in [0.29, 0.717) is 0 Å². The average molecular weight is 763 g/mol. The fourth-order valence-corrected chi connectivity index (χ4v) is 5.95. The summed E-state index contributed by atoms with van der Waals surface area (Å²) in [5.41, 5.74) is 0. The Balaban J connectivity index is 0.00000228. The molecule has 0 saturated carbocycles. The van der Waals surface area contributed by atoms with Crippen LogP contribution in [-0.2, 0) is 13.1 Å². The first-order valence-corrected chi connectivity index (χ1v) is 19.9. The molecule has 0 aromatic carbocycles. The average Bonchev–Trinajstić information content (AvgIpc) is 3.73. The smallest absolute Gasteiger partial charge is 0.418 e. The molecule has 2 rings (SSSR count). The Labute approximate surface area is 308 Å². The van der Waals surface area contributed by atoms with Crippen molar-refractivity contribution in [1.29, 1.82) is 0 Å². The molecule has 52 heavy (non-hydrogen) atoms. The summed E-state index contributed by atoms with van der Waals surface area (Å²) in [6.07, 6.45) is 41.6. The van der Waals surface area contributed by atoms with Gasteiger partial charge in [0.15, 0.2) is 12.5 Å². The molecule has 0 aliphatic heterocycles. The molecule has 2 aromatic heterocycles. The number of hydrogen-bond donors (Lipinski definition) is 2. The van der Waals surface area contributed by atoms with Gasteiger partial charge in [0.05, 0.1) is 13.1 Å². The predicted molar refractivity (Wildman–Crippen MR) is 194 cm³/mol. The molecular formula is C36H68B2F8N4O2. The van der Waals surface area contributed by atoms with Crippen molar-refractivity contribution in [2.45, 2.75) is 193 Å². The van der Waals surface area contributed by atoms with Gasteiger partial charge in [-0.1, -0.05) is 117 Å². The summed E-state index contributed by atoms with van der Waals surface area (Å²) in [6.45, 7) is 6.59. The molecule has 0 bridgehead atoms. The SMILES string of the molecule is CCCCCCCCCCC(O)[n+]1ccn(CCCCCCCCn2cc[n+](C(O)CCCCCCCCCC)c2)c1.F[B-](F)(F)F.F[B-](F)(F)F. The molecule has 0 saturated heterocycles. The summed E-state index contributed by atoms with van der Waals surface area (Å²) in [7, 11) is -12.0. The van der Waals surface area contributed by atoms with Crippen LogP contribution in [0.3, 0.4) is 0 Å². The first-order valence-electron chi connectivity index (χ1n) is 19.9. The Kier molecular flexibility index (Phi) is 30.0. The molecule has 6 nitrogen and oxygen atoms in total. The molecule has 0 fully saturated rings. The summed E-state index contributed by atoms with van der Waals surface area (Å²) in [4.78, 5) is 0. The van der Waals surface area contributed by atoms with Gasteiger partial charge in [-0.2, -0.15) is 0 Å². The summed E-state index contributed by atoms with van der Waals surface area (Å²) >= 11 is 0. The van der Waals surface area contributed by atoms with Crippen LogP contribution in [0.5, 0.6) is 0 Å². The maximum atomic E-state index is 10.5. The Morgan fingerprint density at radius 1 is 0.442 bits per heavy atom. The van der Waals surface area contributed by atoms with Crippen molar-refractivity contribution in [3.05, 3.63) is 37.4 Å². The van der Waals surface area contributed by atoms with Gasteiger partial charge in [0, 0.05) is 12.8 Å². The largest absolute Gasteiger partial charge is 0.673 e. The van der Waals surface area contributed by atoms with Crippen LogP contribution in [0.2, 0.25) is 0 Å². The lowest BCUT2D eigenvalue weighted by atomic mass is 10.1. The van der Waals surface area contributed by atoms with Gasteiger partial charge >= 0.3 is 14.5 Å². The molecule has 2 atom stereocenters. The second-order valence-corrected chi connectivity index (χ2v) is 13.8. The molecule has 0 radical (unpaired) electrons. The highest BCUT2D eigenvalue weighted by Crippen LogP contribution is 2.14. The van der Waals surface area contributed by atoms with Crippen molar-refractivity contribution in [1.82, 2.24) is 9.13 Å². The monoisotopic (exact) mass is 763 g/mol. The van der Waals surface area contributed by atoms with Crippen LogP contribution in [0.1, 0.15) is 180 Å². The third kappa shape index (κ3) is 35.0. The van der Waals surface area contributed by atoms with Gasteiger partial charge in [0.1, 0.15) is 24.8 Å². The van der Waals surface area contributed by atoms with E-state index in [1.807, 2.05) is 21.5 Å². The minimum absolute atomic E-state index is 0.390. The van der Waals surface area contributed by atoms with Crippen molar-refractivity contribution in [3.63, 3.8) is 0 Å². The van der Waals surface area contributed by atoms with Gasteiger partial charge in [-0.05, 0) is 38.5 Å². The van der Waals surface area contributed by atoms with E-state index in [0.717, 1.165) is 38.8 Å². The van der Waals surface area contributed by atoms with Crippen LogP contribution < -0.4 is 9.13 Å². The van der Waals surface area contributed by atoms with Crippen molar-refractivity contribution in [2.24, 2.45) is 0 Å². The summed E-state index contributed by atoms with van der Waals surface area (Å²) in [5.74, 6) is 0. The zero-order valence-corrected chi connectivity index (χ0v) is 31.9. The molecular weight excluding hydrogens is 694 g/mol. The minimum atomic E-state index is -6.00. The van der Waals surface area contributed by atoms with Gasteiger partial charge in [0.2, 0.25) is 12.7 Å². The van der Waals surface area contributed by atoms with E-state index in [9.17, 15) is 44.7 Å². The summed E-state index contributed by atoms with van der Waals surface area (Å²) < 4.78 is 86.4. The Morgan fingerprint density at radius 3 is 0.981 bits per heavy atom. The van der Waals surface area contributed by atoms with Gasteiger partial charge in [0.25, 0.3) is 0 Å². The van der Waals surface area contributed by atoms with Crippen LogP contribution in [0, 0.1) is 0 Å². The van der Waals surface area contributed by atoms with Crippen LogP contribution in [0.15, 0.2) is 37.4 Å². The predicted octanol–water partition coefficient (Wildman–Crippen LogP) is 11.5. The van der Waals surface area contributed by atoms with Gasteiger partial charge in [-0.15, -0.1) is 0 Å². The maximum absolute atomic E-state index is 10.5. The Hall–Kier alpha value is -2.09. The van der Waals surface area contributed by atoms with E-state index in [1.165, 1.54) is 128 Å². The van der Waals surface area contributed by atoms with Crippen LogP contribution >= 0.6 is 0 Å². The topological polar surface area (TPSA) is 58.1 Å². The standard InChI is InChI=1S/C36H68N4O2.2BF4/c1-3-5-7-9-11-13-17-21-25-35(41)39-31-29-37(33-39)27-23-19-15-16-20-24-28-38-30-32-40(34-38)36(42)26-22-18-14-12-10-8-6-4-2;2*2-1(3,4)5/h29-36,41-42H,3-28H2,1-2H3;;/q+2;2*-1. The fraction of sp³-hybridized carbons (Fsp3) is 0.833. The summed E-state index contributed by atoms with van der Waals surface area (Å²) in [5, 5.41) is 21.0. The summed E-state index contributed by atoms with van der Waals surface area (Å²) in [6, 6.07) is 0. The number of aryl methyl sites for hydroxylation is 2. The number of nitrogens with zero attached hydrogens (tertiary/aromatic N) is 4. The fourth-order valence-electron chi connectivity index (χ4n) is 5.95. The number of aliphatic hydroxyl groups excluding tert-OH is 2. The number of halogens is 8. The molecule has 2 heterocycles. The normalized spacial score (nSPS) is 12.9. The molecule has 0 aliphatic rings. The Bertz CT molecular complexity index is 980. The van der Waals surface area contributed by atoms with Crippen LogP contribution in [-0.4, -0.2) is 33.9 Å². The number of unbranched alkanes of at least 4 members (excludes halogenated alkanes) is 19. The third-order valence-electron chi connectivity index (χ3n) is 8.83. The minimum Gasteiger partial charge on any atom is -0.418 e. The van der Waals surface area contributed by atoms with Crippen molar-refractivity contribution in [3.8, 4) is 0 Å². The van der Waals surface area contributed by atoms with Crippen molar-refractivity contribution < 1.29 is 53.9 Å². The van der Waals surface area contributed by atoms with E-state index in [4.69, 9.17) is 0 Å². The van der Waals surface area contributed by atoms with Crippen molar-refractivity contribution >= 4 is 14.5 Å². The number of aliphatic hydroxyl groups is 2. The molecule has 0 amide bonds.